The Labute approximate surface area is 184 Å². The van der Waals surface area contributed by atoms with Crippen LogP contribution in [0.1, 0.15) is 66.2 Å². The van der Waals surface area contributed by atoms with E-state index in [9.17, 15) is 9.59 Å². The molecule has 28 heavy (non-hydrogen) atoms. The highest BCUT2D eigenvalue weighted by molar-refractivity contribution is 9.09. The molecule has 0 aromatic rings. The zero-order valence-electron chi connectivity index (χ0n) is 17.4. The molecule has 0 aliphatic carbocycles. The van der Waals surface area contributed by atoms with Crippen LogP contribution in [0.4, 0.5) is 0 Å². The molecule has 0 saturated heterocycles. The van der Waals surface area contributed by atoms with Gasteiger partial charge < -0.3 is 15.2 Å². The maximum atomic E-state index is 11.1. The van der Waals surface area contributed by atoms with E-state index in [2.05, 4.69) is 26.7 Å². The van der Waals surface area contributed by atoms with Gasteiger partial charge in [-0.05, 0) is 40.0 Å². The summed E-state index contributed by atoms with van der Waals surface area (Å²) in [5, 5.41) is 17.2. The summed E-state index contributed by atoms with van der Waals surface area (Å²) < 4.78 is 9.40. The number of esters is 2. The number of alkyl halides is 1. The van der Waals surface area contributed by atoms with Gasteiger partial charge in [0.1, 0.15) is 6.04 Å². The average molecular weight is 485 g/mol. The van der Waals surface area contributed by atoms with E-state index in [1.54, 1.807) is 20.8 Å². The molecule has 2 unspecified atom stereocenters. The van der Waals surface area contributed by atoms with Crippen molar-refractivity contribution in [2.45, 2.75) is 72.3 Å². The number of nitrogens with two attached hydrogens (primary N) is 1. The molecule has 0 aliphatic heterocycles. The molecule has 0 aliphatic rings. The molecule has 0 aromatic carbocycles. The lowest BCUT2D eigenvalue weighted by Crippen LogP contribution is -2.28. The zero-order valence-corrected chi connectivity index (χ0v) is 19.8. The van der Waals surface area contributed by atoms with Crippen LogP contribution < -0.4 is 5.73 Å². The van der Waals surface area contributed by atoms with Gasteiger partial charge in [-0.2, -0.15) is 10.5 Å². The number of nitriles is 2. The van der Waals surface area contributed by atoms with Crippen LogP contribution in [0.3, 0.4) is 0 Å². The van der Waals surface area contributed by atoms with Crippen LogP contribution in [-0.2, 0) is 19.1 Å². The molecule has 0 bridgehead atoms. The van der Waals surface area contributed by atoms with Gasteiger partial charge in [0.2, 0.25) is 0 Å². The summed E-state index contributed by atoms with van der Waals surface area (Å²) in [4.78, 5) is 21.5. The Morgan fingerprint density at radius 3 is 1.75 bits per heavy atom. The lowest BCUT2D eigenvalue weighted by atomic mass is 10.0. The van der Waals surface area contributed by atoms with Crippen molar-refractivity contribution in [3.05, 3.63) is 0 Å². The molecule has 0 heterocycles. The molecule has 0 spiro atoms. The van der Waals surface area contributed by atoms with Gasteiger partial charge >= 0.3 is 11.9 Å². The van der Waals surface area contributed by atoms with E-state index in [-0.39, 0.29) is 30.3 Å². The van der Waals surface area contributed by atoms with Gasteiger partial charge in [0, 0.05) is 18.2 Å². The third-order valence-corrected chi connectivity index (χ3v) is 3.51. The van der Waals surface area contributed by atoms with Crippen LogP contribution in [-0.4, -0.2) is 36.5 Å². The molecule has 0 radical (unpaired) electrons. The predicted octanol–water partition coefficient (Wildman–Crippen LogP) is 4.27. The fourth-order valence-corrected chi connectivity index (χ4v) is 1.76. The van der Waals surface area contributed by atoms with Crippen LogP contribution >= 0.6 is 28.3 Å². The fraction of sp³-hybridized carbons (Fsp3) is 0.789. The van der Waals surface area contributed by atoms with Gasteiger partial charge in [-0.15, -0.1) is 12.4 Å². The number of halogens is 2. The Kier molecular flexibility index (Phi) is 34.0. The van der Waals surface area contributed by atoms with Crippen molar-refractivity contribution in [2.24, 2.45) is 11.7 Å². The van der Waals surface area contributed by atoms with Crippen LogP contribution in [0.2, 0.25) is 0 Å². The van der Waals surface area contributed by atoms with E-state index in [0.29, 0.717) is 26.1 Å². The van der Waals surface area contributed by atoms with Gasteiger partial charge in [0.25, 0.3) is 0 Å². The molecular weight excluding hydrogens is 450 g/mol. The Bertz CT molecular complexity index is 451. The van der Waals surface area contributed by atoms with Crippen LogP contribution in [0.5, 0.6) is 0 Å². The summed E-state index contributed by atoms with van der Waals surface area (Å²) in [7, 11) is 0. The maximum absolute atomic E-state index is 11.1. The minimum atomic E-state index is -0.491. The van der Waals surface area contributed by atoms with E-state index in [4.69, 9.17) is 21.0 Å². The number of rotatable bonds is 10. The van der Waals surface area contributed by atoms with E-state index >= 15 is 0 Å². The molecule has 0 saturated carbocycles. The van der Waals surface area contributed by atoms with Crippen molar-refractivity contribution in [1.82, 2.24) is 0 Å². The zero-order chi connectivity index (χ0) is 21.5. The molecule has 0 aromatic heterocycles. The van der Waals surface area contributed by atoms with Crippen molar-refractivity contribution < 1.29 is 19.1 Å². The third-order valence-electron chi connectivity index (χ3n) is 2.95. The second kappa shape index (κ2) is 27.9. The van der Waals surface area contributed by atoms with Gasteiger partial charge in [-0.1, -0.05) is 29.3 Å². The molecule has 0 fully saturated rings. The first-order valence-electron chi connectivity index (χ1n) is 9.20. The normalized spacial score (nSPS) is 10.7. The monoisotopic (exact) mass is 483 g/mol. The first-order chi connectivity index (χ1) is 12.8. The summed E-state index contributed by atoms with van der Waals surface area (Å²) in [6.07, 6.45) is 4.84. The lowest BCUT2D eigenvalue weighted by Gasteiger charge is -2.08. The van der Waals surface area contributed by atoms with Crippen molar-refractivity contribution in [3.63, 3.8) is 0 Å². The second-order valence-electron chi connectivity index (χ2n) is 5.55. The standard InChI is InChI=1S/C10H17NO2.C5H11NO2.C4H6BrN.ClH/c1-3-13-10(12)9(2)7-5-4-6-8-11;1-3-8-5(7)4(2)6;5-3-1-2-4-6;/h9H,3-7H2,1-2H3;4H,3,6H2,1-2H3;1-3H2;1H. The summed E-state index contributed by atoms with van der Waals surface area (Å²) in [6, 6.07) is 3.63. The molecule has 0 amide bonds. The molecule has 9 heteroatoms. The maximum Gasteiger partial charge on any atom is 0.322 e. The van der Waals surface area contributed by atoms with E-state index in [0.717, 1.165) is 31.0 Å². The van der Waals surface area contributed by atoms with Crippen LogP contribution in [0, 0.1) is 28.6 Å². The summed E-state index contributed by atoms with van der Waals surface area (Å²) in [5.41, 5.74) is 5.15. The third kappa shape index (κ3) is 29.4. The Balaban J connectivity index is -0.000000165. The first kappa shape index (κ1) is 34.2. The van der Waals surface area contributed by atoms with E-state index in [1.807, 2.05) is 13.0 Å². The Hall–Kier alpha value is -1.35. The fourth-order valence-electron chi connectivity index (χ4n) is 1.48. The first-order valence-corrected chi connectivity index (χ1v) is 10.3. The number of hydrogen-bond donors (Lipinski definition) is 1. The largest absolute Gasteiger partial charge is 0.466 e. The quantitative estimate of drug-likeness (QED) is 0.278. The van der Waals surface area contributed by atoms with Crippen molar-refractivity contribution >= 4 is 40.3 Å². The van der Waals surface area contributed by atoms with Gasteiger partial charge in [-0.25, -0.2) is 0 Å². The van der Waals surface area contributed by atoms with Crippen LogP contribution in [0.15, 0.2) is 0 Å². The molecule has 2 atom stereocenters. The predicted molar refractivity (Wildman–Crippen MR) is 116 cm³/mol. The molecule has 164 valence electrons. The van der Waals surface area contributed by atoms with Gasteiger partial charge in [0.15, 0.2) is 0 Å². The second-order valence-corrected chi connectivity index (χ2v) is 6.34. The Morgan fingerprint density at radius 1 is 0.964 bits per heavy atom. The number of nitrogens with zero attached hydrogens (tertiary/aromatic N) is 2. The lowest BCUT2D eigenvalue weighted by molar-refractivity contribution is -0.147. The highest BCUT2D eigenvalue weighted by atomic mass is 79.9. The summed E-state index contributed by atoms with van der Waals surface area (Å²) in [5.74, 6) is -0.495. The van der Waals surface area contributed by atoms with Gasteiger partial charge in [0.05, 0.1) is 31.3 Å². The highest BCUT2D eigenvalue weighted by Crippen LogP contribution is 2.10. The molecule has 7 nitrogen and oxygen atoms in total. The highest BCUT2D eigenvalue weighted by Gasteiger charge is 2.12. The number of hydrogen-bond acceptors (Lipinski definition) is 7. The van der Waals surface area contributed by atoms with Crippen molar-refractivity contribution in [3.8, 4) is 12.1 Å². The number of unbranched alkanes of at least 4 members (excludes halogenated alkanes) is 3. The minimum absolute atomic E-state index is 0. The molecule has 0 rings (SSSR count). The number of carbonyl (C=O) groups excluding carboxylic acids is 2. The van der Waals surface area contributed by atoms with Crippen molar-refractivity contribution in [2.75, 3.05) is 18.5 Å². The number of ether oxygens (including phenoxy) is 2. The SMILES string of the molecule is CCOC(=O)C(C)CCCCC#N.CCOC(=O)C(C)N.Cl.N#CCCCBr. The molecule has 2 N–H and O–H groups in total. The summed E-state index contributed by atoms with van der Waals surface area (Å²) in [6.45, 7) is 7.87. The van der Waals surface area contributed by atoms with Gasteiger partial charge in [-0.3, -0.25) is 9.59 Å². The topological polar surface area (TPSA) is 126 Å². The Morgan fingerprint density at radius 2 is 1.43 bits per heavy atom. The average Bonchev–Trinajstić information content (AvgIpc) is 2.64. The smallest absolute Gasteiger partial charge is 0.322 e. The summed E-state index contributed by atoms with van der Waals surface area (Å²) >= 11 is 3.20. The van der Waals surface area contributed by atoms with E-state index < -0.39 is 6.04 Å². The van der Waals surface area contributed by atoms with Crippen molar-refractivity contribution in [1.29, 1.82) is 10.5 Å². The van der Waals surface area contributed by atoms with E-state index in [1.165, 1.54) is 0 Å². The number of carbonyl (C=O) groups is 2. The molecular formula is C19H35BrClN3O4. The minimum Gasteiger partial charge on any atom is -0.466 e. The van der Waals surface area contributed by atoms with Crippen LogP contribution in [0.25, 0.3) is 0 Å².